The van der Waals surface area contributed by atoms with Crippen LogP contribution in [0, 0.1) is 0 Å². The highest BCUT2D eigenvalue weighted by Gasteiger charge is 2.23. The molecule has 0 bridgehead atoms. The number of rotatable bonds is 5. The van der Waals surface area contributed by atoms with E-state index in [0.29, 0.717) is 12.5 Å². The standard InChI is InChI=1S/C13H22N4O/c1-2-17(12-3-6-14-7-4-12)13(18)5-9-16-10-8-15-11-16/h8,10-12,14H,2-7,9H2,1H3. The number of hydrogen-bond acceptors (Lipinski definition) is 3. The van der Waals surface area contributed by atoms with Crippen molar-refractivity contribution in [3.8, 4) is 0 Å². The van der Waals surface area contributed by atoms with Crippen LogP contribution in [0.5, 0.6) is 0 Å². The largest absolute Gasteiger partial charge is 0.340 e. The quantitative estimate of drug-likeness (QED) is 0.844. The maximum absolute atomic E-state index is 12.2. The van der Waals surface area contributed by atoms with Crippen molar-refractivity contribution in [2.24, 2.45) is 0 Å². The lowest BCUT2D eigenvalue weighted by atomic mass is 10.0. The van der Waals surface area contributed by atoms with Gasteiger partial charge in [-0.05, 0) is 32.9 Å². The Morgan fingerprint density at radius 2 is 2.28 bits per heavy atom. The Bertz CT molecular complexity index is 357. The summed E-state index contributed by atoms with van der Waals surface area (Å²) in [6, 6.07) is 0.423. The topological polar surface area (TPSA) is 50.2 Å². The van der Waals surface area contributed by atoms with E-state index in [2.05, 4.69) is 17.2 Å². The van der Waals surface area contributed by atoms with E-state index in [1.165, 1.54) is 0 Å². The fraction of sp³-hybridized carbons (Fsp3) is 0.692. The Balaban J connectivity index is 1.84. The Morgan fingerprint density at radius 3 is 2.89 bits per heavy atom. The van der Waals surface area contributed by atoms with Gasteiger partial charge < -0.3 is 14.8 Å². The van der Waals surface area contributed by atoms with Crippen LogP contribution in [0.2, 0.25) is 0 Å². The molecule has 18 heavy (non-hydrogen) atoms. The zero-order chi connectivity index (χ0) is 12.8. The molecule has 0 unspecified atom stereocenters. The lowest BCUT2D eigenvalue weighted by Crippen LogP contribution is -2.46. The number of aryl methyl sites for hydroxylation is 1. The summed E-state index contributed by atoms with van der Waals surface area (Å²) in [5, 5.41) is 3.34. The molecule has 0 aromatic carbocycles. The van der Waals surface area contributed by atoms with Crippen LogP contribution in [0.15, 0.2) is 18.7 Å². The Labute approximate surface area is 108 Å². The highest BCUT2D eigenvalue weighted by atomic mass is 16.2. The fourth-order valence-corrected chi connectivity index (χ4v) is 2.54. The summed E-state index contributed by atoms with van der Waals surface area (Å²) in [7, 11) is 0. The van der Waals surface area contributed by atoms with Crippen molar-refractivity contribution in [3.63, 3.8) is 0 Å². The van der Waals surface area contributed by atoms with E-state index in [0.717, 1.165) is 39.0 Å². The molecule has 100 valence electrons. The second kappa shape index (κ2) is 6.54. The second-order valence-electron chi connectivity index (χ2n) is 4.71. The van der Waals surface area contributed by atoms with Crippen molar-refractivity contribution >= 4 is 5.91 Å². The average molecular weight is 250 g/mol. The molecule has 2 heterocycles. The summed E-state index contributed by atoms with van der Waals surface area (Å²) >= 11 is 0. The molecule has 5 heteroatoms. The molecule has 0 radical (unpaired) electrons. The van der Waals surface area contributed by atoms with Gasteiger partial charge in [-0.3, -0.25) is 4.79 Å². The van der Waals surface area contributed by atoms with Crippen molar-refractivity contribution in [3.05, 3.63) is 18.7 Å². The van der Waals surface area contributed by atoms with E-state index >= 15 is 0 Å². The second-order valence-corrected chi connectivity index (χ2v) is 4.71. The number of aromatic nitrogens is 2. The first kappa shape index (κ1) is 13.1. The molecule has 0 spiro atoms. The van der Waals surface area contributed by atoms with E-state index in [9.17, 15) is 4.79 Å². The number of nitrogens with zero attached hydrogens (tertiary/aromatic N) is 3. The molecule has 0 saturated carbocycles. The fourth-order valence-electron chi connectivity index (χ4n) is 2.54. The highest BCUT2D eigenvalue weighted by Crippen LogP contribution is 2.13. The Morgan fingerprint density at radius 1 is 1.50 bits per heavy atom. The third-order valence-electron chi connectivity index (χ3n) is 3.55. The predicted octanol–water partition coefficient (Wildman–Crippen LogP) is 0.874. The van der Waals surface area contributed by atoms with Gasteiger partial charge in [0, 0.05) is 37.9 Å². The molecule has 2 rings (SSSR count). The average Bonchev–Trinajstić information content (AvgIpc) is 2.92. The predicted molar refractivity (Wildman–Crippen MR) is 70.1 cm³/mol. The Hall–Kier alpha value is -1.36. The lowest BCUT2D eigenvalue weighted by Gasteiger charge is -2.34. The monoisotopic (exact) mass is 250 g/mol. The lowest BCUT2D eigenvalue weighted by molar-refractivity contribution is -0.134. The summed E-state index contributed by atoms with van der Waals surface area (Å²) in [6.45, 7) is 5.65. The molecule has 1 aliphatic rings. The van der Waals surface area contributed by atoms with Gasteiger partial charge in [0.05, 0.1) is 6.33 Å². The summed E-state index contributed by atoms with van der Waals surface area (Å²) in [5.41, 5.74) is 0. The number of piperidine rings is 1. The summed E-state index contributed by atoms with van der Waals surface area (Å²) < 4.78 is 1.95. The van der Waals surface area contributed by atoms with Gasteiger partial charge in [-0.1, -0.05) is 0 Å². The maximum atomic E-state index is 12.2. The van der Waals surface area contributed by atoms with Crippen LogP contribution in [0.3, 0.4) is 0 Å². The van der Waals surface area contributed by atoms with Crippen molar-refractivity contribution in [1.29, 1.82) is 0 Å². The minimum absolute atomic E-state index is 0.262. The van der Waals surface area contributed by atoms with Crippen LogP contribution in [0.1, 0.15) is 26.2 Å². The molecule has 1 N–H and O–H groups in total. The van der Waals surface area contributed by atoms with Gasteiger partial charge in [0.2, 0.25) is 5.91 Å². The van der Waals surface area contributed by atoms with Gasteiger partial charge in [0.1, 0.15) is 0 Å². The molecule has 1 aromatic rings. The maximum Gasteiger partial charge on any atom is 0.224 e. The van der Waals surface area contributed by atoms with Crippen LogP contribution in [-0.2, 0) is 11.3 Å². The van der Waals surface area contributed by atoms with Crippen molar-refractivity contribution in [2.75, 3.05) is 19.6 Å². The molecule has 1 aliphatic heterocycles. The van der Waals surface area contributed by atoms with E-state index in [4.69, 9.17) is 0 Å². The van der Waals surface area contributed by atoms with Crippen LogP contribution < -0.4 is 5.32 Å². The number of nitrogens with one attached hydrogen (secondary N) is 1. The third kappa shape index (κ3) is 3.32. The number of carbonyl (C=O) groups excluding carboxylic acids is 1. The minimum Gasteiger partial charge on any atom is -0.340 e. The normalized spacial score (nSPS) is 16.7. The number of imidazole rings is 1. The van der Waals surface area contributed by atoms with Crippen LogP contribution in [0.4, 0.5) is 0 Å². The van der Waals surface area contributed by atoms with Gasteiger partial charge in [-0.25, -0.2) is 4.98 Å². The molecule has 0 aliphatic carbocycles. The van der Waals surface area contributed by atoms with E-state index in [-0.39, 0.29) is 5.91 Å². The molecule has 1 saturated heterocycles. The van der Waals surface area contributed by atoms with Gasteiger partial charge in [0.25, 0.3) is 0 Å². The molecular formula is C13H22N4O. The van der Waals surface area contributed by atoms with Gasteiger partial charge in [-0.2, -0.15) is 0 Å². The molecule has 0 atom stereocenters. The summed E-state index contributed by atoms with van der Waals surface area (Å²) in [4.78, 5) is 18.3. The number of amides is 1. The van der Waals surface area contributed by atoms with Gasteiger partial charge in [0.15, 0.2) is 0 Å². The van der Waals surface area contributed by atoms with Crippen LogP contribution >= 0.6 is 0 Å². The number of carbonyl (C=O) groups is 1. The zero-order valence-electron chi connectivity index (χ0n) is 11.0. The van der Waals surface area contributed by atoms with E-state index < -0.39 is 0 Å². The SMILES string of the molecule is CCN(C(=O)CCn1ccnc1)C1CCNCC1. The smallest absolute Gasteiger partial charge is 0.224 e. The van der Waals surface area contributed by atoms with Crippen LogP contribution in [0.25, 0.3) is 0 Å². The van der Waals surface area contributed by atoms with E-state index in [1.54, 1.807) is 12.5 Å². The zero-order valence-corrected chi connectivity index (χ0v) is 11.0. The first-order valence-electron chi connectivity index (χ1n) is 6.77. The first-order chi connectivity index (χ1) is 8.81. The van der Waals surface area contributed by atoms with Crippen molar-refractivity contribution in [1.82, 2.24) is 19.8 Å². The van der Waals surface area contributed by atoms with Crippen LogP contribution in [-0.4, -0.2) is 46.0 Å². The van der Waals surface area contributed by atoms with Gasteiger partial charge in [-0.15, -0.1) is 0 Å². The highest BCUT2D eigenvalue weighted by molar-refractivity contribution is 5.76. The Kier molecular flexibility index (Phi) is 4.75. The van der Waals surface area contributed by atoms with Gasteiger partial charge >= 0.3 is 0 Å². The summed E-state index contributed by atoms with van der Waals surface area (Å²) in [6.07, 6.45) is 8.11. The summed E-state index contributed by atoms with van der Waals surface area (Å²) in [5.74, 6) is 0.262. The van der Waals surface area contributed by atoms with Crippen molar-refractivity contribution < 1.29 is 4.79 Å². The molecule has 1 aromatic heterocycles. The molecule has 1 amide bonds. The first-order valence-corrected chi connectivity index (χ1v) is 6.77. The minimum atomic E-state index is 0.262. The molecular weight excluding hydrogens is 228 g/mol. The number of hydrogen-bond donors (Lipinski definition) is 1. The third-order valence-corrected chi connectivity index (χ3v) is 3.55. The van der Waals surface area contributed by atoms with Crippen molar-refractivity contribution in [2.45, 2.75) is 38.8 Å². The molecule has 5 nitrogen and oxygen atoms in total. The van der Waals surface area contributed by atoms with E-state index in [1.807, 2.05) is 15.7 Å². The molecule has 1 fully saturated rings.